The van der Waals surface area contributed by atoms with E-state index in [1.807, 2.05) is 49.4 Å². The maximum atomic E-state index is 12.2. The van der Waals surface area contributed by atoms with Crippen LogP contribution in [0.2, 0.25) is 0 Å². The van der Waals surface area contributed by atoms with Crippen LogP contribution in [-0.4, -0.2) is 31.8 Å². The summed E-state index contributed by atoms with van der Waals surface area (Å²) in [5.74, 6) is 0.755. The predicted octanol–water partition coefficient (Wildman–Crippen LogP) is 5.27. The van der Waals surface area contributed by atoms with E-state index in [-0.39, 0.29) is 18.3 Å². The van der Waals surface area contributed by atoms with E-state index in [1.54, 1.807) is 24.3 Å². The predicted molar refractivity (Wildman–Crippen MR) is 141 cm³/mol. The summed E-state index contributed by atoms with van der Waals surface area (Å²) in [6, 6.07) is 20.4. The van der Waals surface area contributed by atoms with Crippen LogP contribution in [0.25, 0.3) is 6.08 Å². The van der Waals surface area contributed by atoms with Crippen LogP contribution < -0.4 is 19.6 Å². The molecule has 1 N–H and O–H groups in total. The Labute approximate surface area is 211 Å². The monoisotopic (exact) mass is 486 g/mol. The van der Waals surface area contributed by atoms with Gasteiger partial charge in [0.15, 0.2) is 18.1 Å². The number of carbonyl (C=O) groups excluding carboxylic acids is 2. The summed E-state index contributed by atoms with van der Waals surface area (Å²) in [6.07, 6.45) is 4.48. The first-order chi connectivity index (χ1) is 17.4. The van der Waals surface area contributed by atoms with E-state index in [0.717, 1.165) is 16.7 Å². The first-order valence-corrected chi connectivity index (χ1v) is 11.5. The number of hydrogen-bond donors (Lipinski definition) is 1. The molecular weight excluding hydrogens is 456 g/mol. The summed E-state index contributed by atoms with van der Waals surface area (Å²) in [7, 11) is 1.47. The average Bonchev–Trinajstić information content (AvgIpc) is 2.88. The summed E-state index contributed by atoms with van der Waals surface area (Å²) in [6.45, 7) is 5.98. The van der Waals surface area contributed by atoms with Gasteiger partial charge in [0.1, 0.15) is 5.75 Å². The second kappa shape index (κ2) is 12.9. The standard InChI is InChI=1S/C29H30N2O5/c1-20(2)24-13-10-21(3)26(17-24)35-19-28(32)31-30-18-23-11-14-25(27(16-23)34-4)36-29(33)15-12-22-8-6-5-7-9-22/h5-18,20H,19H2,1-4H3,(H,31,32). The number of nitrogens with one attached hydrogen (secondary N) is 1. The molecule has 1 amide bonds. The van der Waals surface area contributed by atoms with Crippen molar-refractivity contribution in [3.05, 3.63) is 95.1 Å². The largest absolute Gasteiger partial charge is 0.493 e. The molecule has 0 saturated heterocycles. The van der Waals surface area contributed by atoms with Crippen molar-refractivity contribution in [1.29, 1.82) is 0 Å². The van der Waals surface area contributed by atoms with Gasteiger partial charge in [-0.15, -0.1) is 0 Å². The fraction of sp³-hybridized carbons (Fsp3) is 0.207. The molecule has 186 valence electrons. The van der Waals surface area contributed by atoms with Gasteiger partial charge in [0.25, 0.3) is 5.91 Å². The summed E-state index contributed by atoms with van der Waals surface area (Å²) >= 11 is 0. The SMILES string of the molecule is COc1cc(C=NNC(=O)COc2cc(C(C)C)ccc2C)ccc1OC(=O)C=Cc1ccccc1. The number of hydrazone groups is 1. The number of ether oxygens (including phenoxy) is 3. The van der Waals surface area contributed by atoms with Gasteiger partial charge in [-0.25, -0.2) is 10.2 Å². The van der Waals surface area contributed by atoms with Gasteiger partial charge < -0.3 is 14.2 Å². The van der Waals surface area contributed by atoms with Crippen molar-refractivity contribution in [2.75, 3.05) is 13.7 Å². The molecule has 0 heterocycles. The fourth-order valence-corrected chi connectivity index (χ4v) is 3.21. The molecule has 0 unspecified atom stereocenters. The van der Waals surface area contributed by atoms with Gasteiger partial charge in [0.05, 0.1) is 13.3 Å². The number of carbonyl (C=O) groups is 2. The summed E-state index contributed by atoms with van der Waals surface area (Å²) in [4.78, 5) is 24.3. The van der Waals surface area contributed by atoms with Gasteiger partial charge in [0.2, 0.25) is 0 Å². The molecular formula is C29H30N2O5. The summed E-state index contributed by atoms with van der Waals surface area (Å²) < 4.78 is 16.4. The van der Waals surface area contributed by atoms with Crippen LogP contribution in [0.3, 0.4) is 0 Å². The molecule has 0 spiro atoms. The first-order valence-electron chi connectivity index (χ1n) is 11.5. The van der Waals surface area contributed by atoms with Gasteiger partial charge in [-0.1, -0.05) is 56.3 Å². The molecule has 3 aromatic carbocycles. The third kappa shape index (κ3) is 7.84. The smallest absolute Gasteiger partial charge is 0.336 e. The molecule has 0 fully saturated rings. The molecule has 0 aliphatic heterocycles. The fourth-order valence-electron chi connectivity index (χ4n) is 3.21. The minimum Gasteiger partial charge on any atom is -0.493 e. The number of esters is 1. The van der Waals surface area contributed by atoms with Crippen molar-refractivity contribution in [2.45, 2.75) is 26.7 Å². The molecule has 36 heavy (non-hydrogen) atoms. The topological polar surface area (TPSA) is 86.2 Å². The van der Waals surface area contributed by atoms with Gasteiger partial charge in [0, 0.05) is 6.08 Å². The normalized spacial score (nSPS) is 11.1. The van der Waals surface area contributed by atoms with Gasteiger partial charge in [-0.3, -0.25) is 4.79 Å². The average molecular weight is 487 g/mol. The second-order valence-corrected chi connectivity index (χ2v) is 8.34. The Morgan fingerprint density at radius 1 is 0.944 bits per heavy atom. The Kier molecular flexibility index (Phi) is 9.40. The van der Waals surface area contributed by atoms with Crippen LogP contribution in [0.1, 0.15) is 42.0 Å². The molecule has 3 aromatic rings. The van der Waals surface area contributed by atoms with Crippen molar-refractivity contribution in [1.82, 2.24) is 5.43 Å². The van der Waals surface area contributed by atoms with Crippen LogP contribution in [0.15, 0.2) is 77.9 Å². The highest BCUT2D eigenvalue weighted by Gasteiger charge is 2.10. The van der Waals surface area contributed by atoms with E-state index >= 15 is 0 Å². The van der Waals surface area contributed by atoms with Crippen LogP contribution in [0.4, 0.5) is 0 Å². The van der Waals surface area contributed by atoms with Crippen LogP contribution in [-0.2, 0) is 9.59 Å². The first kappa shape index (κ1) is 26.2. The molecule has 7 nitrogen and oxygen atoms in total. The zero-order valence-electron chi connectivity index (χ0n) is 20.9. The number of nitrogens with zero attached hydrogens (tertiary/aromatic N) is 1. The van der Waals surface area contributed by atoms with Crippen LogP contribution >= 0.6 is 0 Å². The minimum atomic E-state index is -0.528. The number of benzene rings is 3. The molecule has 0 saturated carbocycles. The van der Waals surface area contributed by atoms with E-state index in [9.17, 15) is 9.59 Å². The zero-order chi connectivity index (χ0) is 25.9. The van der Waals surface area contributed by atoms with E-state index in [0.29, 0.717) is 23.0 Å². The highest BCUT2D eigenvalue weighted by Crippen LogP contribution is 2.28. The van der Waals surface area contributed by atoms with Crippen molar-refractivity contribution in [2.24, 2.45) is 5.10 Å². The van der Waals surface area contributed by atoms with Crippen molar-refractivity contribution in [3.63, 3.8) is 0 Å². The molecule has 0 aromatic heterocycles. The lowest BCUT2D eigenvalue weighted by Gasteiger charge is -2.12. The maximum Gasteiger partial charge on any atom is 0.336 e. The number of amides is 1. The Bertz CT molecular complexity index is 1250. The lowest BCUT2D eigenvalue weighted by Crippen LogP contribution is -2.24. The number of aryl methyl sites for hydroxylation is 1. The lowest BCUT2D eigenvalue weighted by molar-refractivity contribution is -0.129. The number of hydrogen-bond acceptors (Lipinski definition) is 6. The van der Waals surface area contributed by atoms with Crippen LogP contribution in [0.5, 0.6) is 17.2 Å². The Balaban J connectivity index is 1.54. The zero-order valence-corrected chi connectivity index (χ0v) is 20.9. The van der Waals surface area contributed by atoms with E-state index in [1.165, 1.54) is 19.4 Å². The molecule has 0 aliphatic carbocycles. The van der Waals surface area contributed by atoms with Crippen molar-refractivity contribution in [3.8, 4) is 17.2 Å². The van der Waals surface area contributed by atoms with Crippen LogP contribution in [0, 0.1) is 6.92 Å². The quantitative estimate of drug-likeness (QED) is 0.139. The third-order valence-electron chi connectivity index (χ3n) is 5.25. The molecule has 0 radical (unpaired) electrons. The highest BCUT2D eigenvalue weighted by molar-refractivity contribution is 5.89. The van der Waals surface area contributed by atoms with Gasteiger partial charge >= 0.3 is 5.97 Å². The molecule has 7 heteroatoms. The molecule has 0 bridgehead atoms. The molecule has 3 rings (SSSR count). The van der Waals surface area contributed by atoms with E-state index in [4.69, 9.17) is 14.2 Å². The van der Waals surface area contributed by atoms with Gasteiger partial charge in [-0.05, 0) is 65.4 Å². The number of rotatable bonds is 10. The molecule has 0 atom stereocenters. The maximum absolute atomic E-state index is 12.2. The van der Waals surface area contributed by atoms with Crippen molar-refractivity contribution >= 4 is 24.2 Å². The Morgan fingerprint density at radius 2 is 1.72 bits per heavy atom. The Hall–Kier alpha value is -4.39. The van der Waals surface area contributed by atoms with E-state index in [2.05, 4.69) is 30.4 Å². The lowest BCUT2D eigenvalue weighted by atomic mass is 10.0. The summed E-state index contributed by atoms with van der Waals surface area (Å²) in [5, 5.41) is 3.97. The highest BCUT2D eigenvalue weighted by atomic mass is 16.6. The minimum absolute atomic E-state index is 0.158. The summed E-state index contributed by atoms with van der Waals surface area (Å²) in [5.41, 5.74) is 6.08. The second-order valence-electron chi connectivity index (χ2n) is 8.34. The van der Waals surface area contributed by atoms with E-state index < -0.39 is 5.97 Å². The van der Waals surface area contributed by atoms with Gasteiger partial charge in [-0.2, -0.15) is 5.10 Å². The third-order valence-corrected chi connectivity index (χ3v) is 5.25. The number of methoxy groups -OCH3 is 1. The Morgan fingerprint density at radius 3 is 2.44 bits per heavy atom. The van der Waals surface area contributed by atoms with Crippen molar-refractivity contribution < 1.29 is 23.8 Å². The molecule has 0 aliphatic rings.